The molecule has 1 aliphatic rings. The van der Waals surface area contributed by atoms with Gasteiger partial charge in [-0.15, -0.1) is 0 Å². The zero-order chi connectivity index (χ0) is 11.8. The Kier molecular flexibility index (Phi) is 3.13. The molecule has 0 amide bonds. The lowest BCUT2D eigenvalue weighted by Gasteiger charge is -2.51. The maximum atomic E-state index is 6.04. The van der Waals surface area contributed by atoms with Gasteiger partial charge in [-0.1, -0.05) is 31.5 Å². The van der Waals surface area contributed by atoms with Crippen LogP contribution in [0.5, 0.6) is 5.75 Å². The number of nitrogens with two attached hydrogens (primary N) is 1. The first kappa shape index (κ1) is 11.7. The predicted octanol–water partition coefficient (Wildman–Crippen LogP) is 3.23. The highest BCUT2D eigenvalue weighted by atomic mass is 35.5. The third kappa shape index (κ3) is 1.92. The van der Waals surface area contributed by atoms with Crippen molar-refractivity contribution >= 4 is 11.6 Å². The van der Waals surface area contributed by atoms with Crippen LogP contribution < -0.4 is 10.5 Å². The second-order valence-electron chi connectivity index (χ2n) is 4.77. The molecular weight excluding hydrogens is 222 g/mol. The van der Waals surface area contributed by atoms with Crippen molar-refractivity contribution in [1.82, 2.24) is 0 Å². The van der Waals surface area contributed by atoms with E-state index in [-0.39, 0.29) is 17.6 Å². The van der Waals surface area contributed by atoms with Crippen molar-refractivity contribution in [3.8, 4) is 5.75 Å². The van der Waals surface area contributed by atoms with Crippen molar-refractivity contribution in [3.63, 3.8) is 0 Å². The van der Waals surface area contributed by atoms with Gasteiger partial charge in [0.2, 0.25) is 0 Å². The van der Waals surface area contributed by atoms with E-state index in [2.05, 4.69) is 13.8 Å². The van der Waals surface area contributed by atoms with E-state index < -0.39 is 0 Å². The molecule has 3 atom stereocenters. The van der Waals surface area contributed by atoms with E-state index in [0.29, 0.717) is 5.02 Å². The summed E-state index contributed by atoms with van der Waals surface area (Å²) in [7, 11) is 0. The standard InChI is InChI=1S/C13H18ClNO/c1-3-13(2)11(15)8-12(13)16-10-6-4-5-9(14)7-10/h4-7,11-12H,3,8,15H2,1-2H3. The van der Waals surface area contributed by atoms with E-state index in [0.717, 1.165) is 18.6 Å². The van der Waals surface area contributed by atoms with Crippen LogP contribution in [0.4, 0.5) is 0 Å². The van der Waals surface area contributed by atoms with Crippen molar-refractivity contribution in [2.75, 3.05) is 0 Å². The average molecular weight is 240 g/mol. The van der Waals surface area contributed by atoms with Gasteiger partial charge in [-0.25, -0.2) is 0 Å². The number of halogens is 1. The van der Waals surface area contributed by atoms with Gasteiger partial charge < -0.3 is 10.5 Å². The predicted molar refractivity (Wildman–Crippen MR) is 66.9 cm³/mol. The van der Waals surface area contributed by atoms with Crippen LogP contribution in [0.2, 0.25) is 5.02 Å². The maximum Gasteiger partial charge on any atom is 0.121 e. The lowest BCUT2D eigenvalue weighted by atomic mass is 9.62. The molecule has 1 fully saturated rings. The molecule has 88 valence electrons. The van der Waals surface area contributed by atoms with Crippen LogP contribution in [0.25, 0.3) is 0 Å². The lowest BCUT2D eigenvalue weighted by Crippen LogP contribution is -2.61. The van der Waals surface area contributed by atoms with Crippen LogP contribution in [0.15, 0.2) is 24.3 Å². The first-order valence-corrected chi connectivity index (χ1v) is 6.12. The summed E-state index contributed by atoms with van der Waals surface area (Å²) in [5.74, 6) is 0.837. The topological polar surface area (TPSA) is 35.2 Å². The minimum atomic E-state index is 0.0995. The Morgan fingerprint density at radius 1 is 1.56 bits per heavy atom. The average Bonchev–Trinajstić information content (AvgIpc) is 2.27. The van der Waals surface area contributed by atoms with E-state index in [1.54, 1.807) is 0 Å². The molecule has 0 aromatic heterocycles. The van der Waals surface area contributed by atoms with E-state index in [1.807, 2.05) is 24.3 Å². The number of ether oxygens (including phenoxy) is 1. The van der Waals surface area contributed by atoms with Gasteiger partial charge in [-0.05, 0) is 24.6 Å². The van der Waals surface area contributed by atoms with Crippen LogP contribution in [-0.4, -0.2) is 12.1 Å². The first-order chi connectivity index (χ1) is 7.56. The molecule has 2 nitrogen and oxygen atoms in total. The summed E-state index contributed by atoms with van der Waals surface area (Å²) in [5, 5.41) is 0.708. The van der Waals surface area contributed by atoms with Gasteiger partial charge in [0.1, 0.15) is 11.9 Å². The second-order valence-corrected chi connectivity index (χ2v) is 5.20. The molecule has 16 heavy (non-hydrogen) atoms. The van der Waals surface area contributed by atoms with Crippen molar-refractivity contribution in [3.05, 3.63) is 29.3 Å². The minimum absolute atomic E-state index is 0.0995. The summed E-state index contributed by atoms with van der Waals surface area (Å²) in [5.41, 5.74) is 6.13. The number of hydrogen-bond donors (Lipinski definition) is 1. The first-order valence-electron chi connectivity index (χ1n) is 5.74. The number of benzene rings is 1. The molecule has 0 bridgehead atoms. The summed E-state index contributed by atoms with van der Waals surface area (Å²) in [6.07, 6.45) is 2.18. The van der Waals surface area contributed by atoms with Gasteiger partial charge >= 0.3 is 0 Å². The highest BCUT2D eigenvalue weighted by Gasteiger charge is 2.50. The highest BCUT2D eigenvalue weighted by molar-refractivity contribution is 6.30. The molecule has 1 aromatic rings. The summed E-state index contributed by atoms with van der Waals surface area (Å²) in [6.45, 7) is 4.35. The van der Waals surface area contributed by atoms with Crippen molar-refractivity contribution in [2.45, 2.75) is 38.8 Å². The highest BCUT2D eigenvalue weighted by Crippen LogP contribution is 2.44. The molecule has 3 heteroatoms. The van der Waals surface area contributed by atoms with Gasteiger partial charge in [-0.3, -0.25) is 0 Å². The SMILES string of the molecule is CCC1(C)C(N)CC1Oc1cccc(Cl)c1. The minimum Gasteiger partial charge on any atom is -0.490 e. The Morgan fingerprint density at radius 2 is 2.31 bits per heavy atom. The molecular formula is C13H18ClNO. The fourth-order valence-corrected chi connectivity index (χ4v) is 2.40. The molecule has 3 unspecified atom stereocenters. The molecule has 1 aliphatic carbocycles. The van der Waals surface area contributed by atoms with Crippen LogP contribution in [0.3, 0.4) is 0 Å². The van der Waals surface area contributed by atoms with E-state index in [4.69, 9.17) is 22.1 Å². The van der Waals surface area contributed by atoms with Crippen LogP contribution in [-0.2, 0) is 0 Å². The molecule has 0 aliphatic heterocycles. The molecule has 0 spiro atoms. The van der Waals surface area contributed by atoms with Crippen molar-refractivity contribution in [1.29, 1.82) is 0 Å². The van der Waals surface area contributed by atoms with Crippen molar-refractivity contribution in [2.24, 2.45) is 11.1 Å². The second kappa shape index (κ2) is 4.27. The Hall–Kier alpha value is -0.730. The van der Waals surface area contributed by atoms with Gasteiger partial charge in [0.05, 0.1) is 0 Å². The lowest BCUT2D eigenvalue weighted by molar-refractivity contribution is -0.0560. The van der Waals surface area contributed by atoms with Gasteiger partial charge in [-0.2, -0.15) is 0 Å². The van der Waals surface area contributed by atoms with E-state index >= 15 is 0 Å². The molecule has 0 heterocycles. The fraction of sp³-hybridized carbons (Fsp3) is 0.538. The van der Waals surface area contributed by atoms with E-state index in [9.17, 15) is 0 Å². The third-order valence-corrected chi connectivity index (χ3v) is 4.12. The zero-order valence-electron chi connectivity index (χ0n) is 9.74. The molecule has 0 saturated heterocycles. The molecule has 2 N–H and O–H groups in total. The summed E-state index contributed by atoms with van der Waals surface area (Å²) in [4.78, 5) is 0. The Bertz CT molecular complexity index is 382. The monoisotopic (exact) mass is 239 g/mol. The zero-order valence-corrected chi connectivity index (χ0v) is 10.5. The molecule has 0 radical (unpaired) electrons. The summed E-state index contributed by atoms with van der Waals surface area (Å²) >= 11 is 5.92. The molecule has 2 rings (SSSR count). The molecule has 1 saturated carbocycles. The van der Waals surface area contributed by atoms with Crippen LogP contribution in [0, 0.1) is 5.41 Å². The fourth-order valence-electron chi connectivity index (χ4n) is 2.22. The smallest absolute Gasteiger partial charge is 0.121 e. The maximum absolute atomic E-state index is 6.04. The van der Waals surface area contributed by atoms with Crippen LogP contribution in [0.1, 0.15) is 26.7 Å². The number of hydrogen-bond acceptors (Lipinski definition) is 2. The number of rotatable bonds is 3. The van der Waals surface area contributed by atoms with Crippen molar-refractivity contribution < 1.29 is 4.74 Å². The normalized spacial score (nSPS) is 33.2. The van der Waals surface area contributed by atoms with Gasteiger partial charge in [0, 0.05) is 22.9 Å². The quantitative estimate of drug-likeness (QED) is 0.879. The van der Waals surface area contributed by atoms with Gasteiger partial charge in [0.25, 0.3) is 0 Å². The Balaban J connectivity index is 2.06. The molecule has 1 aromatic carbocycles. The van der Waals surface area contributed by atoms with Gasteiger partial charge in [0.15, 0.2) is 0 Å². The largest absolute Gasteiger partial charge is 0.490 e. The van der Waals surface area contributed by atoms with E-state index in [1.165, 1.54) is 0 Å². The Labute approximate surface area is 102 Å². The Morgan fingerprint density at radius 3 is 2.88 bits per heavy atom. The van der Waals surface area contributed by atoms with Crippen LogP contribution >= 0.6 is 11.6 Å². The summed E-state index contributed by atoms with van der Waals surface area (Å²) in [6, 6.07) is 7.79. The third-order valence-electron chi connectivity index (χ3n) is 3.89. The summed E-state index contributed by atoms with van der Waals surface area (Å²) < 4.78 is 5.94.